The van der Waals surface area contributed by atoms with Gasteiger partial charge in [-0.15, -0.1) is 0 Å². The van der Waals surface area contributed by atoms with Gasteiger partial charge in [-0.1, -0.05) is 6.92 Å². The predicted molar refractivity (Wildman–Crippen MR) is 73.6 cm³/mol. The van der Waals surface area contributed by atoms with Crippen LogP contribution in [0.3, 0.4) is 0 Å². The first-order chi connectivity index (χ1) is 9.91. The smallest absolute Gasteiger partial charge is 0.382 e. The second kappa shape index (κ2) is 7.93. The van der Waals surface area contributed by atoms with E-state index in [1.807, 2.05) is 0 Å². The van der Waals surface area contributed by atoms with Crippen LogP contribution in [0, 0.1) is 0 Å². The average molecular weight is 302 g/mol. The number of alkyl halides is 2. The Morgan fingerprint density at radius 1 is 1.24 bits per heavy atom. The number of esters is 1. The summed E-state index contributed by atoms with van der Waals surface area (Å²) in [6.07, 6.45) is -0.0614. The SMILES string of the molecule is CCC(C)OC(=O)C(F)(F)c1ccc(OCCOC)cc1. The van der Waals surface area contributed by atoms with Crippen LogP contribution in [-0.4, -0.2) is 32.4 Å². The Kier molecular flexibility index (Phi) is 6.55. The highest BCUT2D eigenvalue weighted by Gasteiger charge is 2.43. The molecule has 0 spiro atoms. The van der Waals surface area contributed by atoms with E-state index < -0.39 is 23.6 Å². The summed E-state index contributed by atoms with van der Waals surface area (Å²) in [5.41, 5.74) is -0.421. The first kappa shape index (κ1) is 17.4. The molecule has 1 rings (SSSR count). The fraction of sp³-hybridized carbons (Fsp3) is 0.533. The summed E-state index contributed by atoms with van der Waals surface area (Å²) in [6, 6.07) is 5.07. The lowest BCUT2D eigenvalue weighted by molar-refractivity contribution is -0.178. The maximum Gasteiger partial charge on any atom is 0.382 e. The summed E-state index contributed by atoms with van der Waals surface area (Å²) in [6.45, 7) is 4.05. The van der Waals surface area contributed by atoms with E-state index in [-0.39, 0.29) is 0 Å². The molecule has 1 atom stereocenters. The van der Waals surface area contributed by atoms with Gasteiger partial charge < -0.3 is 14.2 Å². The van der Waals surface area contributed by atoms with E-state index in [2.05, 4.69) is 0 Å². The molecule has 0 amide bonds. The van der Waals surface area contributed by atoms with Gasteiger partial charge in [-0.2, -0.15) is 8.78 Å². The quantitative estimate of drug-likeness (QED) is 0.546. The number of ether oxygens (including phenoxy) is 3. The number of benzene rings is 1. The van der Waals surface area contributed by atoms with Gasteiger partial charge in [0.2, 0.25) is 0 Å². The van der Waals surface area contributed by atoms with Crippen molar-refractivity contribution >= 4 is 5.97 Å². The Bertz CT molecular complexity index is 445. The van der Waals surface area contributed by atoms with Gasteiger partial charge in [0.25, 0.3) is 0 Å². The van der Waals surface area contributed by atoms with Crippen LogP contribution in [0.5, 0.6) is 5.75 Å². The molecule has 0 aliphatic rings. The highest BCUT2D eigenvalue weighted by Crippen LogP contribution is 2.31. The summed E-state index contributed by atoms with van der Waals surface area (Å²) >= 11 is 0. The molecule has 0 aromatic heterocycles. The largest absolute Gasteiger partial charge is 0.491 e. The molecule has 0 fully saturated rings. The zero-order valence-electron chi connectivity index (χ0n) is 12.4. The molecule has 4 nitrogen and oxygen atoms in total. The predicted octanol–water partition coefficient (Wildman–Crippen LogP) is 3.15. The van der Waals surface area contributed by atoms with E-state index in [1.165, 1.54) is 19.2 Å². The summed E-state index contributed by atoms with van der Waals surface area (Å²) < 4.78 is 42.7. The zero-order valence-corrected chi connectivity index (χ0v) is 12.4. The molecule has 6 heteroatoms. The molecule has 118 valence electrons. The highest BCUT2D eigenvalue weighted by atomic mass is 19.3. The minimum Gasteiger partial charge on any atom is -0.491 e. The van der Waals surface area contributed by atoms with E-state index in [4.69, 9.17) is 14.2 Å². The molecule has 0 heterocycles. The van der Waals surface area contributed by atoms with Crippen molar-refractivity contribution < 1.29 is 27.8 Å². The molecular weight excluding hydrogens is 282 g/mol. The second-order valence-electron chi connectivity index (χ2n) is 4.56. The average Bonchev–Trinajstić information content (AvgIpc) is 2.47. The molecule has 0 N–H and O–H groups in total. The molecule has 1 aromatic rings. The Morgan fingerprint density at radius 2 is 1.86 bits per heavy atom. The van der Waals surface area contributed by atoms with Gasteiger partial charge in [-0.3, -0.25) is 0 Å². The van der Waals surface area contributed by atoms with Crippen LogP contribution in [-0.2, 0) is 20.2 Å². The number of carbonyl (C=O) groups excluding carboxylic acids is 1. The second-order valence-corrected chi connectivity index (χ2v) is 4.56. The van der Waals surface area contributed by atoms with Crippen LogP contribution in [0.25, 0.3) is 0 Å². The maximum atomic E-state index is 13.9. The van der Waals surface area contributed by atoms with Crippen molar-refractivity contribution in [3.63, 3.8) is 0 Å². The summed E-state index contributed by atoms with van der Waals surface area (Å²) in [4.78, 5) is 11.5. The van der Waals surface area contributed by atoms with Gasteiger partial charge in [-0.25, -0.2) is 4.79 Å². The van der Waals surface area contributed by atoms with E-state index in [0.717, 1.165) is 12.1 Å². The third-order valence-corrected chi connectivity index (χ3v) is 2.91. The van der Waals surface area contributed by atoms with Crippen molar-refractivity contribution in [2.24, 2.45) is 0 Å². The molecule has 0 saturated carbocycles. The lowest BCUT2D eigenvalue weighted by Crippen LogP contribution is -2.30. The van der Waals surface area contributed by atoms with Crippen LogP contribution in [0.4, 0.5) is 8.78 Å². The number of methoxy groups -OCH3 is 1. The maximum absolute atomic E-state index is 13.9. The fourth-order valence-corrected chi connectivity index (χ4v) is 1.46. The molecule has 21 heavy (non-hydrogen) atoms. The Hall–Kier alpha value is -1.69. The van der Waals surface area contributed by atoms with E-state index in [1.54, 1.807) is 13.8 Å². The first-order valence-electron chi connectivity index (χ1n) is 6.73. The van der Waals surface area contributed by atoms with Crippen molar-refractivity contribution in [1.82, 2.24) is 0 Å². The zero-order chi connectivity index (χ0) is 15.9. The van der Waals surface area contributed by atoms with E-state index in [0.29, 0.717) is 25.4 Å². The first-order valence-corrected chi connectivity index (χ1v) is 6.73. The van der Waals surface area contributed by atoms with E-state index >= 15 is 0 Å². The van der Waals surface area contributed by atoms with Crippen LogP contribution in [0.1, 0.15) is 25.8 Å². The van der Waals surface area contributed by atoms with Crippen molar-refractivity contribution in [2.75, 3.05) is 20.3 Å². The van der Waals surface area contributed by atoms with Crippen LogP contribution < -0.4 is 4.74 Å². The molecule has 0 saturated heterocycles. The molecule has 0 bridgehead atoms. The standard InChI is InChI=1S/C15H20F2O4/c1-4-11(2)21-14(18)15(16,17)12-5-7-13(8-6-12)20-10-9-19-3/h5-8,11H,4,9-10H2,1-3H3. The van der Waals surface area contributed by atoms with Crippen molar-refractivity contribution in [3.8, 4) is 5.75 Å². The van der Waals surface area contributed by atoms with Gasteiger partial charge >= 0.3 is 11.9 Å². The molecular formula is C15H20F2O4. The number of hydrogen-bond acceptors (Lipinski definition) is 4. The monoisotopic (exact) mass is 302 g/mol. The van der Waals surface area contributed by atoms with Gasteiger partial charge in [0, 0.05) is 12.7 Å². The lowest BCUT2D eigenvalue weighted by Gasteiger charge is -2.18. The van der Waals surface area contributed by atoms with E-state index in [9.17, 15) is 13.6 Å². The summed E-state index contributed by atoms with van der Waals surface area (Å²) in [5, 5.41) is 0. The third kappa shape index (κ3) is 4.97. The molecule has 0 aliphatic carbocycles. The van der Waals surface area contributed by atoms with Crippen LogP contribution >= 0.6 is 0 Å². The highest BCUT2D eigenvalue weighted by molar-refractivity contribution is 5.79. The lowest BCUT2D eigenvalue weighted by atomic mass is 10.1. The Morgan fingerprint density at radius 3 is 2.38 bits per heavy atom. The van der Waals surface area contributed by atoms with Gasteiger partial charge in [0.1, 0.15) is 12.4 Å². The minimum atomic E-state index is -3.67. The van der Waals surface area contributed by atoms with Crippen LogP contribution in [0.2, 0.25) is 0 Å². The molecule has 0 radical (unpaired) electrons. The number of carbonyl (C=O) groups is 1. The normalized spacial score (nSPS) is 12.8. The molecule has 0 aliphatic heterocycles. The van der Waals surface area contributed by atoms with Gasteiger partial charge in [0.05, 0.1) is 12.7 Å². The third-order valence-electron chi connectivity index (χ3n) is 2.91. The van der Waals surface area contributed by atoms with Crippen LogP contribution in [0.15, 0.2) is 24.3 Å². The van der Waals surface area contributed by atoms with Crippen molar-refractivity contribution in [1.29, 1.82) is 0 Å². The molecule has 1 unspecified atom stereocenters. The van der Waals surface area contributed by atoms with Gasteiger partial charge in [0.15, 0.2) is 0 Å². The van der Waals surface area contributed by atoms with Crippen molar-refractivity contribution in [3.05, 3.63) is 29.8 Å². The number of hydrogen-bond donors (Lipinski definition) is 0. The minimum absolute atomic E-state index is 0.322. The Labute approximate surface area is 123 Å². The molecule has 1 aromatic carbocycles. The van der Waals surface area contributed by atoms with Crippen molar-refractivity contribution in [2.45, 2.75) is 32.3 Å². The number of rotatable bonds is 8. The topological polar surface area (TPSA) is 44.8 Å². The number of halogens is 2. The summed E-state index contributed by atoms with van der Waals surface area (Å²) in [7, 11) is 1.54. The van der Waals surface area contributed by atoms with Gasteiger partial charge in [-0.05, 0) is 37.6 Å². The fourth-order valence-electron chi connectivity index (χ4n) is 1.46. The Balaban J connectivity index is 2.72. The summed E-state index contributed by atoms with van der Waals surface area (Å²) in [5.74, 6) is -4.78.